The molecule has 2 heteroatoms. The number of allylic oxidation sites excluding steroid dienone is 2. The first-order valence-electron chi connectivity index (χ1n) is 4.18. The average Bonchev–Trinajstić information content (AvgIpc) is 2.20. The number of benzene rings is 1. The van der Waals surface area contributed by atoms with Gasteiger partial charge in [-0.05, 0) is 18.6 Å². The highest BCUT2D eigenvalue weighted by molar-refractivity contribution is 5.70. The van der Waals surface area contributed by atoms with Crippen LogP contribution in [0.1, 0.15) is 12.5 Å². The van der Waals surface area contributed by atoms with Crippen LogP contribution in [0, 0.1) is 0 Å². The summed E-state index contributed by atoms with van der Waals surface area (Å²) >= 11 is 0. The smallest absolute Gasteiger partial charge is 0.126 e. The van der Waals surface area contributed by atoms with Gasteiger partial charge < -0.3 is 4.74 Å². The predicted octanol–water partition coefficient (Wildman–Crippen LogP) is 3.07. The molecule has 70 valence electrons. The number of rotatable bonds is 3. The van der Waals surface area contributed by atoms with Gasteiger partial charge >= 0.3 is 0 Å². The summed E-state index contributed by atoms with van der Waals surface area (Å²) in [6, 6.07) is 7.42. The van der Waals surface area contributed by atoms with E-state index in [0.717, 1.165) is 5.56 Å². The van der Waals surface area contributed by atoms with Crippen molar-refractivity contribution < 1.29 is 9.13 Å². The van der Waals surface area contributed by atoms with Crippen LogP contribution in [0.4, 0.5) is 4.39 Å². The molecule has 0 aromatic heterocycles. The highest BCUT2D eigenvalue weighted by atomic mass is 19.1. The first kappa shape index (κ1) is 9.78. The zero-order valence-electron chi connectivity index (χ0n) is 7.88. The largest absolute Gasteiger partial charge is 0.496 e. The van der Waals surface area contributed by atoms with Crippen molar-refractivity contribution in [1.82, 2.24) is 0 Å². The van der Waals surface area contributed by atoms with E-state index in [1.54, 1.807) is 13.2 Å². The second-order valence-electron chi connectivity index (χ2n) is 2.65. The molecule has 1 rings (SSSR count). The summed E-state index contributed by atoms with van der Waals surface area (Å²) in [6.45, 7) is 1.36. The fourth-order valence-corrected chi connectivity index (χ4v) is 1.21. The molecule has 0 amide bonds. The van der Waals surface area contributed by atoms with Crippen LogP contribution in [0.2, 0.25) is 0 Å². The summed E-state index contributed by atoms with van der Waals surface area (Å²) in [5.41, 5.74) is 1.49. The maximum atomic E-state index is 12.5. The number of para-hydroxylation sites is 1. The van der Waals surface area contributed by atoms with Crippen molar-refractivity contribution in [1.29, 1.82) is 0 Å². The molecule has 0 bridgehead atoms. The van der Waals surface area contributed by atoms with Gasteiger partial charge in [0.15, 0.2) is 0 Å². The second-order valence-corrected chi connectivity index (χ2v) is 2.65. The Hall–Kier alpha value is -1.31. The van der Waals surface area contributed by atoms with Crippen molar-refractivity contribution in [2.24, 2.45) is 0 Å². The standard InChI is InChI=1S/C11H13FO/c1-3-9(8-12)10-6-4-5-7-11(10)13-2/h3-7H,8H2,1-2H3. The first-order valence-corrected chi connectivity index (χ1v) is 4.18. The van der Waals surface area contributed by atoms with E-state index in [2.05, 4.69) is 0 Å². The molecule has 0 radical (unpaired) electrons. The van der Waals surface area contributed by atoms with Crippen molar-refractivity contribution in [2.75, 3.05) is 13.8 Å². The van der Waals surface area contributed by atoms with E-state index in [0.29, 0.717) is 11.3 Å². The second kappa shape index (κ2) is 4.65. The van der Waals surface area contributed by atoms with E-state index in [4.69, 9.17) is 4.74 Å². The van der Waals surface area contributed by atoms with E-state index < -0.39 is 6.67 Å². The van der Waals surface area contributed by atoms with Crippen LogP contribution < -0.4 is 4.74 Å². The van der Waals surface area contributed by atoms with Gasteiger partial charge in [0.2, 0.25) is 0 Å². The SMILES string of the molecule is CC=C(CF)c1ccccc1OC. The maximum absolute atomic E-state index is 12.5. The van der Waals surface area contributed by atoms with Crippen LogP contribution in [0.25, 0.3) is 5.57 Å². The Kier molecular flexibility index (Phi) is 3.50. The highest BCUT2D eigenvalue weighted by Gasteiger charge is 2.05. The molecule has 1 aromatic carbocycles. The molecule has 0 atom stereocenters. The molecule has 13 heavy (non-hydrogen) atoms. The monoisotopic (exact) mass is 180 g/mol. The minimum atomic E-state index is -0.461. The first-order chi connectivity index (χ1) is 6.33. The van der Waals surface area contributed by atoms with Gasteiger partial charge in [-0.1, -0.05) is 24.3 Å². The third kappa shape index (κ3) is 2.08. The fraction of sp³-hybridized carbons (Fsp3) is 0.273. The lowest BCUT2D eigenvalue weighted by molar-refractivity contribution is 0.413. The average molecular weight is 180 g/mol. The van der Waals surface area contributed by atoms with E-state index >= 15 is 0 Å². The van der Waals surface area contributed by atoms with Crippen LogP contribution in [0.5, 0.6) is 5.75 Å². The van der Waals surface area contributed by atoms with Gasteiger partial charge in [0.1, 0.15) is 12.4 Å². The summed E-state index contributed by atoms with van der Waals surface area (Å²) in [7, 11) is 1.59. The van der Waals surface area contributed by atoms with Gasteiger partial charge in [0.05, 0.1) is 7.11 Å². The minimum Gasteiger partial charge on any atom is -0.496 e. The number of alkyl halides is 1. The highest BCUT2D eigenvalue weighted by Crippen LogP contribution is 2.25. The number of halogens is 1. The van der Waals surface area contributed by atoms with Crippen LogP contribution in [0.3, 0.4) is 0 Å². The normalized spacial score (nSPS) is 11.5. The Labute approximate surface area is 77.8 Å². The van der Waals surface area contributed by atoms with Crippen LogP contribution in [0.15, 0.2) is 30.3 Å². The molecule has 0 aliphatic rings. The van der Waals surface area contributed by atoms with E-state index in [1.807, 2.05) is 31.2 Å². The summed E-state index contributed by atoms with van der Waals surface area (Å²) < 4.78 is 17.7. The third-order valence-corrected chi connectivity index (χ3v) is 1.95. The Morgan fingerprint density at radius 2 is 2.15 bits per heavy atom. The lowest BCUT2D eigenvalue weighted by Crippen LogP contribution is -1.92. The van der Waals surface area contributed by atoms with Crippen molar-refractivity contribution in [2.45, 2.75) is 6.92 Å². The molecule has 0 unspecified atom stereocenters. The third-order valence-electron chi connectivity index (χ3n) is 1.95. The Morgan fingerprint density at radius 3 is 2.69 bits per heavy atom. The zero-order valence-corrected chi connectivity index (χ0v) is 7.88. The predicted molar refractivity (Wildman–Crippen MR) is 52.6 cm³/mol. The van der Waals surface area contributed by atoms with Crippen molar-refractivity contribution >= 4 is 5.57 Å². The molecule has 0 aliphatic carbocycles. The van der Waals surface area contributed by atoms with Gasteiger partial charge in [-0.3, -0.25) is 0 Å². The van der Waals surface area contributed by atoms with E-state index in [1.165, 1.54) is 0 Å². The van der Waals surface area contributed by atoms with Gasteiger partial charge in [0.25, 0.3) is 0 Å². The maximum Gasteiger partial charge on any atom is 0.126 e. The Morgan fingerprint density at radius 1 is 1.46 bits per heavy atom. The van der Waals surface area contributed by atoms with Crippen molar-refractivity contribution in [3.05, 3.63) is 35.9 Å². The van der Waals surface area contributed by atoms with Gasteiger partial charge in [-0.25, -0.2) is 4.39 Å². The lowest BCUT2D eigenvalue weighted by Gasteiger charge is -2.08. The quantitative estimate of drug-likeness (QED) is 0.694. The number of hydrogen-bond acceptors (Lipinski definition) is 1. The number of hydrogen-bond donors (Lipinski definition) is 0. The molecule has 0 spiro atoms. The zero-order chi connectivity index (χ0) is 9.68. The fourth-order valence-electron chi connectivity index (χ4n) is 1.21. The minimum absolute atomic E-state index is 0.461. The molecular weight excluding hydrogens is 167 g/mol. The topological polar surface area (TPSA) is 9.23 Å². The molecule has 0 N–H and O–H groups in total. The lowest BCUT2D eigenvalue weighted by atomic mass is 10.1. The number of ether oxygens (including phenoxy) is 1. The van der Waals surface area contributed by atoms with Crippen LogP contribution in [-0.4, -0.2) is 13.8 Å². The van der Waals surface area contributed by atoms with E-state index in [-0.39, 0.29) is 0 Å². The summed E-state index contributed by atoms with van der Waals surface area (Å²) in [5, 5.41) is 0. The summed E-state index contributed by atoms with van der Waals surface area (Å²) in [5.74, 6) is 0.716. The van der Waals surface area contributed by atoms with Gasteiger partial charge in [-0.15, -0.1) is 0 Å². The number of methoxy groups -OCH3 is 1. The molecule has 0 saturated carbocycles. The Bertz CT molecular complexity index is 305. The Balaban J connectivity index is 3.12. The molecule has 0 heterocycles. The molecular formula is C11H13FO. The molecule has 1 aromatic rings. The molecule has 0 fully saturated rings. The van der Waals surface area contributed by atoms with Crippen molar-refractivity contribution in [3.8, 4) is 5.75 Å². The summed E-state index contributed by atoms with van der Waals surface area (Å²) in [4.78, 5) is 0. The van der Waals surface area contributed by atoms with E-state index in [9.17, 15) is 4.39 Å². The van der Waals surface area contributed by atoms with Gasteiger partial charge in [0, 0.05) is 5.56 Å². The van der Waals surface area contributed by atoms with Crippen LogP contribution in [-0.2, 0) is 0 Å². The summed E-state index contributed by atoms with van der Waals surface area (Å²) in [6.07, 6.45) is 1.76. The molecule has 1 nitrogen and oxygen atoms in total. The van der Waals surface area contributed by atoms with Crippen LogP contribution >= 0.6 is 0 Å². The van der Waals surface area contributed by atoms with Gasteiger partial charge in [-0.2, -0.15) is 0 Å². The molecule has 0 saturated heterocycles. The van der Waals surface area contributed by atoms with Crippen molar-refractivity contribution in [3.63, 3.8) is 0 Å². The molecule has 0 aliphatic heterocycles.